The van der Waals surface area contributed by atoms with Gasteiger partial charge in [0.1, 0.15) is 11.5 Å². The molecule has 0 spiro atoms. The van der Waals surface area contributed by atoms with Gasteiger partial charge in [0.2, 0.25) is 0 Å². The molecular weight excluding hydrogens is 556 g/mol. The maximum absolute atomic E-state index is 11.1. The van der Waals surface area contributed by atoms with Crippen molar-refractivity contribution >= 4 is 11.4 Å². The first-order chi connectivity index (χ1) is 21.1. The van der Waals surface area contributed by atoms with Crippen LogP contribution in [-0.2, 0) is 29.8 Å². The Morgan fingerprint density at radius 3 is 1.05 bits per heavy atom. The van der Waals surface area contributed by atoms with Crippen LogP contribution in [0.5, 0.6) is 11.5 Å². The number of nitrogens with zero attached hydrogens (tertiary/aromatic N) is 2. The van der Waals surface area contributed by atoms with Crippen LogP contribution in [-0.4, -0.2) is 87.2 Å². The van der Waals surface area contributed by atoms with E-state index in [1.54, 1.807) is 0 Å². The number of hydrogen-bond donors (Lipinski definition) is 2. The van der Waals surface area contributed by atoms with E-state index in [0.29, 0.717) is 0 Å². The number of benzene rings is 3. The van der Waals surface area contributed by atoms with Gasteiger partial charge in [-0.05, 0) is 46.5 Å². The number of hydrogen-bond acceptors (Lipinski definition) is 8. The van der Waals surface area contributed by atoms with E-state index in [2.05, 4.69) is 73.9 Å². The van der Waals surface area contributed by atoms with Crippen molar-refractivity contribution in [3.63, 3.8) is 0 Å². The molecule has 0 aliphatic carbocycles. The standard InChI is InChI=1S/C36H44N2O6/c1-35(2,25-9-11-31(33(39)13-25)37(15-27-19-41-27)16-28-20-42-28)23-5-7-24(8-6-23)36(3,4)26-10-12-32(34(40)14-26)38(17-29-21-43-29)18-30-22-44-30/h5-14,27-30,39-40H,15-22H2,1-4H3. The minimum atomic E-state index is -0.317. The highest BCUT2D eigenvalue weighted by Gasteiger charge is 2.34. The fourth-order valence-electron chi connectivity index (χ4n) is 6.22. The maximum atomic E-state index is 11.1. The normalized spacial score (nSPS) is 23.7. The Bertz CT molecular complexity index is 1350. The van der Waals surface area contributed by atoms with Gasteiger partial charge in [-0.1, -0.05) is 64.1 Å². The van der Waals surface area contributed by atoms with E-state index in [9.17, 15) is 10.2 Å². The highest BCUT2D eigenvalue weighted by molar-refractivity contribution is 5.62. The smallest absolute Gasteiger partial charge is 0.139 e. The molecule has 4 fully saturated rings. The molecule has 0 aromatic heterocycles. The fourth-order valence-corrected chi connectivity index (χ4v) is 6.22. The van der Waals surface area contributed by atoms with Crippen molar-refractivity contribution in [3.8, 4) is 11.5 Å². The van der Waals surface area contributed by atoms with Crippen LogP contribution < -0.4 is 9.80 Å². The van der Waals surface area contributed by atoms with Crippen LogP contribution in [0.4, 0.5) is 11.4 Å². The summed E-state index contributed by atoms with van der Waals surface area (Å²) >= 11 is 0. The van der Waals surface area contributed by atoms with Gasteiger partial charge < -0.3 is 39.0 Å². The molecule has 3 aromatic carbocycles. The molecule has 44 heavy (non-hydrogen) atoms. The van der Waals surface area contributed by atoms with E-state index in [4.69, 9.17) is 18.9 Å². The number of ether oxygens (including phenoxy) is 4. The molecule has 4 heterocycles. The molecule has 4 atom stereocenters. The third-order valence-electron chi connectivity index (χ3n) is 9.71. The van der Waals surface area contributed by atoms with Gasteiger partial charge in [-0.2, -0.15) is 0 Å². The molecule has 0 amide bonds. The second-order valence-corrected chi connectivity index (χ2v) is 13.9. The molecule has 4 aliphatic rings. The van der Waals surface area contributed by atoms with E-state index in [-0.39, 0.29) is 46.7 Å². The lowest BCUT2D eigenvalue weighted by molar-refractivity contribution is 0.386. The fraction of sp³-hybridized carbons (Fsp3) is 0.500. The molecule has 8 heteroatoms. The van der Waals surface area contributed by atoms with Crippen molar-refractivity contribution in [1.82, 2.24) is 0 Å². The molecule has 0 saturated carbocycles. The summed E-state index contributed by atoms with van der Waals surface area (Å²) < 4.78 is 21.8. The summed E-state index contributed by atoms with van der Waals surface area (Å²) in [5.41, 5.74) is 5.45. The highest BCUT2D eigenvalue weighted by atomic mass is 16.6. The summed E-state index contributed by atoms with van der Waals surface area (Å²) in [6.07, 6.45) is 0.920. The van der Waals surface area contributed by atoms with Gasteiger partial charge in [-0.3, -0.25) is 0 Å². The number of aromatic hydroxyl groups is 2. The number of anilines is 2. The number of epoxide rings is 4. The Kier molecular flexibility index (Phi) is 7.52. The van der Waals surface area contributed by atoms with E-state index in [1.165, 1.54) is 0 Å². The van der Waals surface area contributed by atoms with Crippen LogP contribution in [0.3, 0.4) is 0 Å². The van der Waals surface area contributed by atoms with Gasteiger partial charge in [-0.25, -0.2) is 0 Å². The molecular formula is C36H44N2O6. The molecule has 0 radical (unpaired) electrons. The van der Waals surface area contributed by atoms with E-state index in [0.717, 1.165) is 86.2 Å². The Hall–Kier alpha value is -3.30. The van der Waals surface area contributed by atoms with Gasteiger partial charge in [0.15, 0.2) is 0 Å². The summed E-state index contributed by atoms with van der Waals surface area (Å²) in [6, 6.07) is 20.9. The molecule has 0 bridgehead atoms. The molecule has 4 saturated heterocycles. The van der Waals surface area contributed by atoms with Crippen molar-refractivity contribution < 1.29 is 29.2 Å². The summed E-state index contributed by atoms with van der Waals surface area (Å²) in [5.74, 6) is 0.566. The van der Waals surface area contributed by atoms with Crippen LogP contribution >= 0.6 is 0 Å². The third kappa shape index (κ3) is 6.40. The molecule has 2 N–H and O–H groups in total. The number of phenolic OH excluding ortho intramolecular Hbond substituents is 2. The molecule has 8 nitrogen and oxygen atoms in total. The summed E-state index contributed by atoms with van der Waals surface area (Å²) in [6.45, 7) is 14.9. The van der Waals surface area contributed by atoms with Gasteiger partial charge >= 0.3 is 0 Å². The van der Waals surface area contributed by atoms with Crippen molar-refractivity contribution in [2.75, 3.05) is 62.4 Å². The lowest BCUT2D eigenvalue weighted by Gasteiger charge is -2.31. The zero-order valence-electron chi connectivity index (χ0n) is 26.2. The largest absolute Gasteiger partial charge is 0.506 e. The average molecular weight is 601 g/mol. The van der Waals surface area contributed by atoms with Crippen LogP contribution in [0.25, 0.3) is 0 Å². The Balaban J connectivity index is 1.08. The van der Waals surface area contributed by atoms with Gasteiger partial charge in [0.25, 0.3) is 0 Å². The van der Waals surface area contributed by atoms with Crippen LogP contribution in [0.1, 0.15) is 49.9 Å². The van der Waals surface area contributed by atoms with Crippen molar-refractivity contribution in [2.45, 2.75) is 62.9 Å². The van der Waals surface area contributed by atoms with Crippen molar-refractivity contribution in [1.29, 1.82) is 0 Å². The Morgan fingerprint density at radius 2 is 0.795 bits per heavy atom. The third-order valence-corrected chi connectivity index (χ3v) is 9.71. The van der Waals surface area contributed by atoms with E-state index in [1.807, 2.05) is 24.3 Å². The van der Waals surface area contributed by atoms with E-state index < -0.39 is 0 Å². The van der Waals surface area contributed by atoms with Crippen molar-refractivity contribution in [2.24, 2.45) is 0 Å². The summed E-state index contributed by atoms with van der Waals surface area (Å²) in [4.78, 5) is 4.37. The second-order valence-electron chi connectivity index (χ2n) is 13.9. The lowest BCUT2D eigenvalue weighted by atomic mass is 9.74. The van der Waals surface area contributed by atoms with Gasteiger partial charge in [-0.15, -0.1) is 0 Å². The number of rotatable bonds is 14. The minimum absolute atomic E-state index is 0.230. The molecule has 4 unspecified atom stereocenters. The minimum Gasteiger partial charge on any atom is -0.506 e. The Morgan fingerprint density at radius 1 is 0.523 bits per heavy atom. The SMILES string of the molecule is CC(C)(c1ccc(C(C)(C)c2ccc(N(CC3CO3)CC3CO3)c(O)c2)cc1)c1ccc(N(CC2CO2)CC2CO2)c(O)c1. The van der Waals surface area contributed by atoms with Gasteiger partial charge in [0.05, 0.1) is 62.2 Å². The quantitative estimate of drug-likeness (QED) is 0.251. The lowest BCUT2D eigenvalue weighted by Crippen LogP contribution is -2.31. The first-order valence-corrected chi connectivity index (χ1v) is 15.8. The average Bonchev–Trinajstić information content (AvgIpc) is 3.79. The molecule has 4 aliphatic heterocycles. The maximum Gasteiger partial charge on any atom is 0.139 e. The second kappa shape index (κ2) is 11.2. The molecule has 234 valence electrons. The molecule has 3 aromatic rings. The van der Waals surface area contributed by atoms with Crippen LogP contribution in [0.2, 0.25) is 0 Å². The zero-order valence-corrected chi connectivity index (χ0v) is 26.2. The van der Waals surface area contributed by atoms with E-state index >= 15 is 0 Å². The summed E-state index contributed by atoms with van der Waals surface area (Å²) in [5, 5.41) is 22.2. The zero-order chi connectivity index (χ0) is 30.6. The first kappa shape index (κ1) is 29.4. The molecule has 7 rings (SSSR count). The monoisotopic (exact) mass is 600 g/mol. The first-order valence-electron chi connectivity index (χ1n) is 15.8. The Labute approximate surface area is 260 Å². The van der Waals surface area contributed by atoms with Crippen molar-refractivity contribution in [3.05, 3.63) is 82.9 Å². The van der Waals surface area contributed by atoms with Crippen LogP contribution in [0.15, 0.2) is 60.7 Å². The predicted molar refractivity (Wildman–Crippen MR) is 170 cm³/mol. The summed E-state index contributed by atoms with van der Waals surface area (Å²) in [7, 11) is 0. The predicted octanol–water partition coefficient (Wildman–Crippen LogP) is 4.96. The number of phenols is 2. The van der Waals surface area contributed by atoms with Crippen LogP contribution in [0, 0.1) is 0 Å². The highest BCUT2D eigenvalue weighted by Crippen LogP contribution is 2.41. The van der Waals surface area contributed by atoms with Gasteiger partial charge in [0, 0.05) is 37.0 Å². The topological polar surface area (TPSA) is 97.1 Å².